The van der Waals surface area contributed by atoms with Crippen molar-refractivity contribution >= 4 is 13.3 Å². The fraction of sp³-hybridized carbons (Fsp3) is 0.739. The maximum absolute atomic E-state index is 10.5. The summed E-state index contributed by atoms with van der Waals surface area (Å²) in [5.41, 5.74) is 0.821. The molecule has 0 spiro atoms. The molecule has 1 unspecified atom stereocenters. The van der Waals surface area contributed by atoms with Crippen molar-refractivity contribution in [2.45, 2.75) is 86.0 Å². The van der Waals surface area contributed by atoms with Gasteiger partial charge in [-0.15, -0.1) is 0 Å². The van der Waals surface area contributed by atoms with Crippen LogP contribution in [0.15, 0.2) is 24.3 Å². The van der Waals surface area contributed by atoms with Crippen molar-refractivity contribution in [2.24, 2.45) is 0 Å². The van der Waals surface area contributed by atoms with Crippen LogP contribution in [0.3, 0.4) is 0 Å². The molecular formula is C23H44NO2P. The number of hydrogen-bond donors (Lipinski definition) is 0. The lowest BCUT2D eigenvalue weighted by Gasteiger charge is -2.39. The van der Waals surface area contributed by atoms with Crippen molar-refractivity contribution in [1.82, 2.24) is 0 Å². The highest BCUT2D eigenvalue weighted by atomic mass is 31.1. The minimum Gasteiger partial charge on any atom is -0.798 e. The summed E-state index contributed by atoms with van der Waals surface area (Å²) in [5, 5.41) is 0.451. The summed E-state index contributed by atoms with van der Waals surface area (Å²) in [4.78, 5) is 10.5. The molecule has 1 atom stereocenters. The Labute approximate surface area is 169 Å². The summed E-state index contributed by atoms with van der Waals surface area (Å²) in [6.45, 7) is 16.8. The van der Waals surface area contributed by atoms with Crippen molar-refractivity contribution < 1.29 is 13.9 Å². The molecule has 27 heavy (non-hydrogen) atoms. The number of benzene rings is 1. The van der Waals surface area contributed by atoms with Crippen LogP contribution >= 0.6 is 8.03 Å². The number of aryl methyl sites for hydroxylation is 1. The van der Waals surface area contributed by atoms with E-state index in [1.165, 1.54) is 82.0 Å². The smallest absolute Gasteiger partial charge is 0.0786 e. The normalized spacial score (nSPS) is 12.4. The number of hydrogen-bond acceptors (Lipinski definition) is 2. The molecule has 4 heteroatoms. The molecule has 0 aliphatic rings. The van der Waals surface area contributed by atoms with Gasteiger partial charge in [-0.25, -0.2) is 0 Å². The Morgan fingerprint density at radius 3 is 1.41 bits per heavy atom. The molecule has 1 aromatic carbocycles. The fourth-order valence-electron chi connectivity index (χ4n) is 3.45. The number of nitrogens with zero attached hydrogens (tertiary/aromatic N) is 1. The zero-order chi connectivity index (χ0) is 20.5. The third-order valence-electron chi connectivity index (χ3n) is 5.31. The zero-order valence-electron chi connectivity index (χ0n) is 18.6. The molecule has 0 radical (unpaired) electrons. The first-order chi connectivity index (χ1) is 13.0. The quantitative estimate of drug-likeness (QED) is 0.328. The first kappa shape index (κ1) is 26.4. The molecule has 0 saturated carbocycles. The first-order valence-corrected chi connectivity index (χ1v) is 12.4. The van der Waals surface area contributed by atoms with Crippen LogP contribution in [0.2, 0.25) is 0 Å². The van der Waals surface area contributed by atoms with E-state index in [9.17, 15) is 9.46 Å². The second-order valence-corrected chi connectivity index (χ2v) is 8.87. The van der Waals surface area contributed by atoms with E-state index in [0.717, 1.165) is 5.56 Å². The van der Waals surface area contributed by atoms with E-state index in [-0.39, 0.29) is 0 Å². The molecule has 0 saturated heterocycles. The van der Waals surface area contributed by atoms with Gasteiger partial charge in [0.05, 0.1) is 26.2 Å². The van der Waals surface area contributed by atoms with Gasteiger partial charge in [-0.05, 0) is 43.5 Å². The lowest BCUT2D eigenvalue weighted by molar-refractivity contribution is -0.929. The van der Waals surface area contributed by atoms with Gasteiger partial charge in [0.2, 0.25) is 0 Å². The Morgan fingerprint density at radius 1 is 0.778 bits per heavy atom. The summed E-state index contributed by atoms with van der Waals surface area (Å²) in [6, 6.07) is 6.95. The Hall–Kier alpha value is -0.630. The third kappa shape index (κ3) is 11.7. The Balaban J connectivity index is 0.000000569. The highest BCUT2D eigenvalue weighted by molar-refractivity contribution is 7.46. The third-order valence-corrected chi connectivity index (χ3v) is 6.31. The molecule has 0 aromatic heterocycles. The zero-order valence-corrected chi connectivity index (χ0v) is 19.6. The van der Waals surface area contributed by atoms with Crippen LogP contribution in [-0.4, -0.2) is 30.7 Å². The Morgan fingerprint density at radius 2 is 1.15 bits per heavy atom. The molecule has 0 bridgehead atoms. The molecule has 0 aliphatic heterocycles. The van der Waals surface area contributed by atoms with Crippen molar-refractivity contribution in [3.8, 4) is 0 Å². The number of quaternary nitrogens is 1. The standard InChI is InChI=1S/C16H36N.C7H9O2P/c1-5-9-13-17(14-10-6-2,15-11-7-3)16-12-8-4;1-6-4-2-3-5-7(6)10(8)9/h5-16H2,1-4H3;2-5,10H,1H3,(H,8,9)/q+1;/p-1. The molecular weight excluding hydrogens is 353 g/mol. The van der Waals surface area contributed by atoms with Gasteiger partial charge in [-0.2, -0.15) is 0 Å². The van der Waals surface area contributed by atoms with Crippen LogP contribution in [0.4, 0.5) is 0 Å². The SMILES string of the molecule is CCCC[N+](CCCC)(CCCC)CCCC.Cc1ccccc1[PH](=O)[O-]. The Kier molecular flexibility index (Phi) is 16.0. The molecule has 1 aromatic rings. The molecule has 1 rings (SSSR count). The molecule has 0 aliphatic carbocycles. The summed E-state index contributed by atoms with van der Waals surface area (Å²) in [5.74, 6) is 0. The van der Waals surface area contributed by atoms with Gasteiger partial charge in [0, 0.05) is 8.03 Å². The van der Waals surface area contributed by atoms with Gasteiger partial charge < -0.3 is 13.9 Å². The molecule has 0 fully saturated rings. The van der Waals surface area contributed by atoms with Crippen molar-refractivity contribution in [3.05, 3.63) is 29.8 Å². The van der Waals surface area contributed by atoms with E-state index >= 15 is 0 Å². The summed E-state index contributed by atoms with van der Waals surface area (Å²) in [7, 11) is -2.74. The van der Waals surface area contributed by atoms with Crippen LogP contribution < -0.4 is 10.2 Å². The maximum atomic E-state index is 10.5. The Bertz CT molecular complexity index is 467. The van der Waals surface area contributed by atoms with Gasteiger partial charge in [-0.1, -0.05) is 77.6 Å². The molecule has 3 nitrogen and oxygen atoms in total. The molecule has 158 valence electrons. The van der Waals surface area contributed by atoms with Crippen molar-refractivity contribution in [3.63, 3.8) is 0 Å². The van der Waals surface area contributed by atoms with Gasteiger partial charge in [0.1, 0.15) is 0 Å². The van der Waals surface area contributed by atoms with E-state index in [2.05, 4.69) is 27.7 Å². The predicted molar refractivity (Wildman–Crippen MR) is 119 cm³/mol. The first-order valence-electron chi connectivity index (χ1n) is 11.1. The van der Waals surface area contributed by atoms with Gasteiger partial charge in [0.25, 0.3) is 0 Å². The van der Waals surface area contributed by atoms with E-state index < -0.39 is 8.03 Å². The number of unbranched alkanes of at least 4 members (excludes halogenated alkanes) is 4. The summed E-state index contributed by atoms with van der Waals surface area (Å²) < 4.78 is 11.9. The summed E-state index contributed by atoms with van der Waals surface area (Å²) in [6.07, 6.45) is 11.1. The highest BCUT2D eigenvalue weighted by Gasteiger charge is 2.24. The van der Waals surface area contributed by atoms with Crippen LogP contribution in [0.1, 0.15) is 84.6 Å². The van der Waals surface area contributed by atoms with E-state index in [1.54, 1.807) is 25.1 Å². The van der Waals surface area contributed by atoms with E-state index in [0.29, 0.717) is 5.30 Å². The van der Waals surface area contributed by atoms with Gasteiger partial charge >= 0.3 is 0 Å². The monoisotopic (exact) mass is 397 g/mol. The topological polar surface area (TPSA) is 40.1 Å². The lowest BCUT2D eigenvalue weighted by atomic mass is 10.1. The molecule has 0 heterocycles. The minimum absolute atomic E-state index is 0.451. The largest absolute Gasteiger partial charge is 0.798 e. The average molecular weight is 398 g/mol. The van der Waals surface area contributed by atoms with Gasteiger partial charge in [-0.3, -0.25) is 0 Å². The van der Waals surface area contributed by atoms with Crippen molar-refractivity contribution in [2.75, 3.05) is 26.2 Å². The van der Waals surface area contributed by atoms with Crippen LogP contribution in [0, 0.1) is 6.92 Å². The van der Waals surface area contributed by atoms with Crippen LogP contribution in [0.5, 0.6) is 0 Å². The fourth-order valence-corrected chi connectivity index (χ4v) is 4.08. The van der Waals surface area contributed by atoms with E-state index in [4.69, 9.17) is 0 Å². The second-order valence-electron chi connectivity index (χ2n) is 7.75. The maximum Gasteiger partial charge on any atom is 0.0786 e. The minimum atomic E-state index is -2.74. The molecule has 0 amide bonds. The second kappa shape index (κ2) is 16.3. The van der Waals surface area contributed by atoms with Crippen molar-refractivity contribution in [1.29, 1.82) is 0 Å². The van der Waals surface area contributed by atoms with Gasteiger partial charge in [0.15, 0.2) is 0 Å². The van der Waals surface area contributed by atoms with Crippen LogP contribution in [0.25, 0.3) is 0 Å². The highest BCUT2D eigenvalue weighted by Crippen LogP contribution is 2.16. The lowest BCUT2D eigenvalue weighted by Crippen LogP contribution is -2.50. The van der Waals surface area contributed by atoms with Crippen LogP contribution in [-0.2, 0) is 4.57 Å². The van der Waals surface area contributed by atoms with E-state index in [1.807, 2.05) is 6.07 Å². The number of rotatable bonds is 13. The summed E-state index contributed by atoms with van der Waals surface area (Å²) >= 11 is 0. The predicted octanol–water partition coefficient (Wildman–Crippen LogP) is 5.46. The molecule has 0 N–H and O–H groups in total. The average Bonchev–Trinajstić information content (AvgIpc) is 2.67.